The number of nitrogens with one attached hydrogen (secondary N) is 1. The molecule has 0 saturated heterocycles. The zero-order valence-electron chi connectivity index (χ0n) is 7.83. The summed E-state index contributed by atoms with van der Waals surface area (Å²) in [6, 6.07) is -0.222. The van der Waals surface area contributed by atoms with Crippen molar-refractivity contribution in [1.29, 1.82) is 0 Å². The maximum Gasteiger partial charge on any atom is 0.317 e. The summed E-state index contributed by atoms with van der Waals surface area (Å²) in [5, 5.41) is 13.7. The van der Waals surface area contributed by atoms with Gasteiger partial charge in [0.2, 0.25) is 0 Å². The van der Waals surface area contributed by atoms with Crippen molar-refractivity contribution >= 4 is 12.2 Å². The highest BCUT2D eigenvalue weighted by atomic mass is 16.4. The minimum absolute atomic E-state index is 0.222. The molecule has 0 rings (SSSR count). The first kappa shape index (κ1) is 10.7. The molecule has 0 aliphatic carbocycles. The lowest BCUT2D eigenvalue weighted by atomic mass is 10.1. The van der Waals surface area contributed by atoms with E-state index < -0.39 is 5.54 Å². The van der Waals surface area contributed by atoms with Crippen LogP contribution >= 0.6 is 0 Å². The minimum atomic E-state index is -0.588. The molecule has 0 radical (unpaired) electrons. The van der Waals surface area contributed by atoms with Crippen LogP contribution in [0, 0.1) is 0 Å². The Hall–Kier alpha value is -1.26. The SMILES string of the molecule is CNC(=O)N(C)C(C)(C)/C=N/O. The van der Waals surface area contributed by atoms with Crippen LogP contribution in [0.2, 0.25) is 0 Å². The Morgan fingerprint density at radius 1 is 1.67 bits per heavy atom. The van der Waals surface area contributed by atoms with Gasteiger partial charge in [0.15, 0.2) is 0 Å². The summed E-state index contributed by atoms with van der Waals surface area (Å²) in [4.78, 5) is 12.5. The molecule has 0 fully saturated rings. The second kappa shape index (κ2) is 3.94. The molecule has 2 N–H and O–H groups in total. The van der Waals surface area contributed by atoms with Crippen LogP contribution in [-0.2, 0) is 0 Å². The van der Waals surface area contributed by atoms with Crippen LogP contribution in [0.4, 0.5) is 4.79 Å². The van der Waals surface area contributed by atoms with Gasteiger partial charge in [-0.15, -0.1) is 0 Å². The number of amides is 2. The van der Waals surface area contributed by atoms with Crippen molar-refractivity contribution in [3.63, 3.8) is 0 Å². The number of oxime groups is 1. The molecule has 5 heteroatoms. The summed E-state index contributed by atoms with van der Waals surface area (Å²) >= 11 is 0. The average molecular weight is 173 g/mol. The van der Waals surface area contributed by atoms with Crippen LogP contribution in [-0.4, -0.2) is 42.0 Å². The van der Waals surface area contributed by atoms with Gasteiger partial charge in [-0.25, -0.2) is 4.79 Å². The zero-order valence-corrected chi connectivity index (χ0v) is 7.83. The van der Waals surface area contributed by atoms with E-state index in [0.717, 1.165) is 0 Å². The van der Waals surface area contributed by atoms with E-state index in [-0.39, 0.29) is 6.03 Å². The molecule has 0 aliphatic rings. The van der Waals surface area contributed by atoms with Crippen molar-refractivity contribution in [2.24, 2.45) is 5.16 Å². The number of hydrogen-bond acceptors (Lipinski definition) is 3. The van der Waals surface area contributed by atoms with E-state index >= 15 is 0 Å². The van der Waals surface area contributed by atoms with Gasteiger partial charge in [0.25, 0.3) is 0 Å². The van der Waals surface area contributed by atoms with Crippen LogP contribution in [0.15, 0.2) is 5.16 Å². The van der Waals surface area contributed by atoms with E-state index in [4.69, 9.17) is 5.21 Å². The van der Waals surface area contributed by atoms with Gasteiger partial charge in [-0.2, -0.15) is 0 Å². The van der Waals surface area contributed by atoms with E-state index in [1.54, 1.807) is 27.9 Å². The fourth-order valence-electron chi connectivity index (χ4n) is 0.657. The van der Waals surface area contributed by atoms with Gasteiger partial charge in [-0.05, 0) is 13.8 Å². The molecular weight excluding hydrogens is 158 g/mol. The maximum atomic E-state index is 11.1. The Kier molecular flexibility index (Phi) is 3.53. The number of nitrogens with zero attached hydrogens (tertiary/aromatic N) is 2. The van der Waals surface area contributed by atoms with E-state index in [9.17, 15) is 4.79 Å². The first-order valence-electron chi connectivity index (χ1n) is 3.60. The van der Waals surface area contributed by atoms with Crippen molar-refractivity contribution in [3.05, 3.63) is 0 Å². The van der Waals surface area contributed by atoms with Crippen molar-refractivity contribution in [1.82, 2.24) is 10.2 Å². The number of carbonyl (C=O) groups is 1. The molecule has 5 nitrogen and oxygen atoms in total. The number of rotatable bonds is 2. The molecule has 12 heavy (non-hydrogen) atoms. The summed E-state index contributed by atoms with van der Waals surface area (Å²) in [5.74, 6) is 0. The first-order valence-corrected chi connectivity index (χ1v) is 3.60. The van der Waals surface area contributed by atoms with Crippen LogP contribution < -0.4 is 5.32 Å². The third-order valence-corrected chi connectivity index (χ3v) is 1.76. The first-order chi connectivity index (χ1) is 5.45. The van der Waals surface area contributed by atoms with Crippen LogP contribution in [0.5, 0.6) is 0 Å². The number of hydrogen-bond donors (Lipinski definition) is 2. The molecule has 0 atom stereocenters. The third kappa shape index (κ3) is 2.41. The molecule has 2 amide bonds. The second-order valence-electron chi connectivity index (χ2n) is 3.01. The lowest BCUT2D eigenvalue weighted by Gasteiger charge is -2.31. The van der Waals surface area contributed by atoms with Gasteiger partial charge < -0.3 is 15.4 Å². The Morgan fingerprint density at radius 3 is 2.50 bits per heavy atom. The molecule has 0 spiro atoms. The predicted molar refractivity (Wildman–Crippen MR) is 46.6 cm³/mol. The third-order valence-electron chi connectivity index (χ3n) is 1.76. The average Bonchev–Trinajstić information content (AvgIpc) is 2.01. The molecule has 0 saturated carbocycles. The largest absolute Gasteiger partial charge is 0.411 e. The lowest BCUT2D eigenvalue weighted by Crippen LogP contribution is -2.49. The molecule has 0 unspecified atom stereocenters. The highest BCUT2D eigenvalue weighted by Crippen LogP contribution is 2.08. The normalized spacial score (nSPS) is 11.7. The summed E-state index contributed by atoms with van der Waals surface area (Å²) in [7, 11) is 3.17. The van der Waals surface area contributed by atoms with Crippen molar-refractivity contribution in [2.45, 2.75) is 19.4 Å². The van der Waals surface area contributed by atoms with Crippen molar-refractivity contribution in [3.8, 4) is 0 Å². The van der Waals surface area contributed by atoms with Crippen molar-refractivity contribution < 1.29 is 10.0 Å². The molecule has 70 valence electrons. The van der Waals surface area contributed by atoms with Gasteiger partial charge in [-0.3, -0.25) is 0 Å². The molecular formula is C7H15N3O2. The number of carbonyl (C=O) groups excluding carboxylic acids is 1. The highest BCUT2D eigenvalue weighted by molar-refractivity contribution is 5.80. The molecule has 0 heterocycles. The lowest BCUT2D eigenvalue weighted by molar-refractivity contribution is 0.186. The Labute approximate surface area is 72.0 Å². The topological polar surface area (TPSA) is 64.9 Å². The number of urea groups is 1. The van der Waals surface area contributed by atoms with Gasteiger partial charge in [0, 0.05) is 14.1 Å². The van der Waals surface area contributed by atoms with E-state index in [0.29, 0.717) is 0 Å². The van der Waals surface area contributed by atoms with Gasteiger partial charge in [0.1, 0.15) is 0 Å². The quantitative estimate of drug-likeness (QED) is 0.363. The Bertz CT molecular complexity index is 189. The van der Waals surface area contributed by atoms with Crippen LogP contribution in [0.1, 0.15) is 13.8 Å². The van der Waals surface area contributed by atoms with Crippen molar-refractivity contribution in [2.75, 3.05) is 14.1 Å². The zero-order chi connectivity index (χ0) is 9.78. The standard InChI is InChI=1S/C7H15N3O2/c1-7(2,5-9-12)10(4)6(11)8-3/h5,12H,1-4H3,(H,8,11)/b9-5+. The summed E-state index contributed by atoms with van der Waals surface area (Å²) < 4.78 is 0. The minimum Gasteiger partial charge on any atom is -0.411 e. The summed E-state index contributed by atoms with van der Waals surface area (Å²) in [5.41, 5.74) is -0.588. The fourth-order valence-corrected chi connectivity index (χ4v) is 0.657. The Morgan fingerprint density at radius 2 is 2.17 bits per heavy atom. The molecule has 0 aromatic carbocycles. The molecule has 0 aromatic heterocycles. The van der Waals surface area contributed by atoms with E-state index in [2.05, 4.69) is 10.5 Å². The van der Waals surface area contributed by atoms with Gasteiger partial charge in [0.05, 0.1) is 11.8 Å². The summed E-state index contributed by atoms with van der Waals surface area (Å²) in [6.07, 6.45) is 1.29. The van der Waals surface area contributed by atoms with Crippen LogP contribution in [0.3, 0.4) is 0 Å². The van der Waals surface area contributed by atoms with Gasteiger partial charge in [-0.1, -0.05) is 5.16 Å². The monoisotopic (exact) mass is 173 g/mol. The predicted octanol–water partition coefficient (Wildman–Crippen LogP) is 0.496. The second-order valence-corrected chi connectivity index (χ2v) is 3.01. The Balaban J connectivity index is 4.44. The van der Waals surface area contributed by atoms with Crippen LogP contribution in [0.25, 0.3) is 0 Å². The van der Waals surface area contributed by atoms with Gasteiger partial charge >= 0.3 is 6.03 Å². The summed E-state index contributed by atoms with van der Waals surface area (Å²) in [6.45, 7) is 3.53. The molecule has 0 bridgehead atoms. The van der Waals surface area contributed by atoms with E-state index in [1.165, 1.54) is 11.1 Å². The maximum absolute atomic E-state index is 11.1. The molecule has 0 aromatic rings. The smallest absolute Gasteiger partial charge is 0.317 e. The van der Waals surface area contributed by atoms with E-state index in [1.807, 2.05) is 0 Å². The highest BCUT2D eigenvalue weighted by Gasteiger charge is 2.25. The fraction of sp³-hybridized carbons (Fsp3) is 0.714. The molecule has 0 aliphatic heterocycles.